The monoisotopic (exact) mass is 887 g/mol. The van der Waals surface area contributed by atoms with Crippen LogP contribution in [-0.4, -0.2) is 108 Å². The molecule has 0 aromatic carbocycles. The first-order chi connectivity index (χ1) is 29.0. The molecule has 0 aliphatic carbocycles. The van der Waals surface area contributed by atoms with Crippen LogP contribution in [0.25, 0.3) is 6.08 Å². The lowest BCUT2D eigenvalue weighted by Gasteiger charge is -2.34. The average molecular weight is 888 g/mol. The quantitative estimate of drug-likeness (QED) is 0.0393. The van der Waals surface area contributed by atoms with E-state index >= 15 is 0 Å². The summed E-state index contributed by atoms with van der Waals surface area (Å²) in [5.41, 5.74) is 1.58. The number of ether oxygens (including phenoxy) is 7. The molecule has 1 aromatic heterocycles. The molecule has 4 aliphatic heterocycles. The highest BCUT2D eigenvalue weighted by atomic mass is 33.1. The summed E-state index contributed by atoms with van der Waals surface area (Å²) >= 11 is 0. The molecule has 0 amide bonds. The molecular weight excluding hydrogens is 827 g/mol. The summed E-state index contributed by atoms with van der Waals surface area (Å²) in [4.78, 5) is 54.6. The van der Waals surface area contributed by atoms with Crippen LogP contribution < -0.4 is 0 Å². The lowest BCUT2D eigenvalue weighted by Crippen LogP contribution is -2.43. The lowest BCUT2D eigenvalue weighted by molar-refractivity contribution is -0.158. The second-order valence-electron chi connectivity index (χ2n) is 16.7. The highest BCUT2D eigenvalue weighted by Crippen LogP contribution is 2.46. The van der Waals surface area contributed by atoms with Crippen molar-refractivity contribution in [3.63, 3.8) is 0 Å². The maximum Gasteiger partial charge on any atom is 0.508 e. The van der Waals surface area contributed by atoms with E-state index in [1.807, 2.05) is 58.1 Å². The van der Waals surface area contributed by atoms with Gasteiger partial charge in [-0.3, -0.25) is 4.79 Å². The smallest absolute Gasteiger partial charge is 0.495 e. The van der Waals surface area contributed by atoms with Crippen LogP contribution in [0, 0.1) is 30.6 Å². The first-order valence-electron chi connectivity index (χ1n) is 20.8. The number of carboxylic acids is 1. The molecule has 5 rings (SSSR count). The fourth-order valence-electron chi connectivity index (χ4n) is 7.98. The van der Waals surface area contributed by atoms with Gasteiger partial charge in [0, 0.05) is 56.6 Å². The molecular formula is C45H61NO13S2. The Bertz CT molecular complexity index is 1860. The van der Waals surface area contributed by atoms with Crippen LogP contribution in [0.5, 0.6) is 0 Å². The Hall–Kier alpha value is -3.83. The Balaban J connectivity index is 1.34. The fraction of sp³-hybridized carbons (Fsp3) is 0.622. The largest absolute Gasteiger partial charge is 0.508 e. The van der Waals surface area contributed by atoms with Crippen LogP contribution in [-0.2, 0) is 47.5 Å². The van der Waals surface area contributed by atoms with Crippen molar-refractivity contribution in [3.8, 4) is 0 Å². The van der Waals surface area contributed by atoms with E-state index in [1.54, 1.807) is 20.3 Å². The fourth-order valence-corrected chi connectivity index (χ4v) is 10.1. The molecule has 5 heterocycles. The number of carbonyl (C=O) groups excluding carboxylic acids is 3. The first-order valence-corrected chi connectivity index (χ1v) is 23.3. The van der Waals surface area contributed by atoms with E-state index in [4.69, 9.17) is 37.6 Å². The third kappa shape index (κ3) is 14.1. The van der Waals surface area contributed by atoms with Gasteiger partial charge in [-0.15, -0.1) is 0 Å². The zero-order valence-electron chi connectivity index (χ0n) is 36.4. The Labute approximate surface area is 366 Å². The number of esters is 1. The number of methoxy groups -OCH3 is 1. The molecule has 0 radical (unpaired) electrons. The molecule has 14 nitrogen and oxygen atoms in total. The van der Waals surface area contributed by atoms with Gasteiger partial charge in [-0.2, -0.15) is 0 Å². The summed E-state index contributed by atoms with van der Waals surface area (Å²) in [6, 6.07) is 0. The SMILES string of the molecule is C=C1C[C@@H]2C[C@@H]3O[C@H]3C(=O)O[C@H]([C@H](C)[C@@H](OC)/C(C)=C/C=C/C(C)=C/c3coc(C)n3)C[C@H](OC(=O)OCCSSC[C@H](CC(C)=O)C(=O)O)[C@@]3(C)O[C@@H]3/C=C/[C@@H](C)[C@@H](C2)O1. The normalized spacial score (nSPS) is 31.4. The number of oxazole rings is 1. The van der Waals surface area contributed by atoms with Gasteiger partial charge in [0.25, 0.3) is 0 Å². The minimum atomic E-state index is -1.03. The van der Waals surface area contributed by atoms with Crippen LogP contribution >= 0.6 is 21.6 Å². The minimum absolute atomic E-state index is 0.00880. The summed E-state index contributed by atoms with van der Waals surface area (Å²) in [6.07, 6.45) is 10.9. The molecule has 12 atom stereocenters. The molecule has 3 saturated heterocycles. The molecule has 1 N–H and O–H groups in total. The maximum absolute atomic E-state index is 13.9. The summed E-state index contributed by atoms with van der Waals surface area (Å²) in [6.45, 7) is 17.1. The van der Waals surface area contributed by atoms with Gasteiger partial charge in [-0.05, 0) is 63.7 Å². The molecule has 1 aromatic rings. The molecule has 16 heteroatoms. The summed E-state index contributed by atoms with van der Waals surface area (Å²) in [5.74, 6) is -0.779. The average Bonchev–Trinajstić information content (AvgIpc) is 4.07. The second kappa shape index (κ2) is 22.0. The van der Waals surface area contributed by atoms with Crippen LogP contribution in [0.1, 0.15) is 85.2 Å². The molecule has 4 aliphatic rings. The van der Waals surface area contributed by atoms with Crippen molar-refractivity contribution in [2.45, 2.75) is 129 Å². The molecule has 61 heavy (non-hydrogen) atoms. The predicted octanol–water partition coefficient (Wildman–Crippen LogP) is 8.25. The van der Waals surface area contributed by atoms with E-state index < -0.39 is 66.1 Å². The number of nitrogens with zero attached hydrogens (tertiary/aromatic N) is 1. The topological polar surface area (TPSA) is 186 Å². The predicted molar refractivity (Wildman–Crippen MR) is 231 cm³/mol. The van der Waals surface area contributed by atoms with Gasteiger partial charge < -0.3 is 47.5 Å². The molecule has 0 saturated carbocycles. The van der Waals surface area contributed by atoms with E-state index in [9.17, 15) is 24.3 Å². The number of aryl methyl sites for hydroxylation is 1. The van der Waals surface area contributed by atoms with Crippen molar-refractivity contribution in [2.75, 3.05) is 25.2 Å². The van der Waals surface area contributed by atoms with Crippen LogP contribution in [0.2, 0.25) is 0 Å². The number of Topliss-reactive ketones (excluding diaryl/α,β-unsaturated/α-hetero) is 1. The number of carboxylic acid groups (broad SMARTS) is 1. The number of carbonyl (C=O) groups is 4. The minimum Gasteiger partial charge on any atom is -0.495 e. The lowest BCUT2D eigenvalue weighted by atomic mass is 9.84. The molecule has 0 unspecified atom stereocenters. The van der Waals surface area contributed by atoms with Crippen molar-refractivity contribution < 1.29 is 61.9 Å². The molecule has 2 bridgehead atoms. The Kier molecular flexibility index (Phi) is 17.4. The van der Waals surface area contributed by atoms with Gasteiger partial charge >= 0.3 is 18.1 Å². The van der Waals surface area contributed by atoms with Crippen LogP contribution in [0.15, 0.2) is 64.5 Å². The second-order valence-corrected chi connectivity index (χ2v) is 19.4. The number of aliphatic carboxylic acids is 1. The molecule has 3 fully saturated rings. The molecule has 0 spiro atoms. The maximum atomic E-state index is 13.9. The number of fused-ring (bicyclic) bond motifs is 4. The summed E-state index contributed by atoms with van der Waals surface area (Å²) in [5, 5.41) is 9.42. The number of aromatic nitrogens is 1. The van der Waals surface area contributed by atoms with Crippen molar-refractivity contribution in [3.05, 3.63) is 71.7 Å². The summed E-state index contributed by atoms with van der Waals surface area (Å²) < 4.78 is 47.6. The number of cyclic esters (lactones) is 1. The zero-order chi connectivity index (χ0) is 44.4. The van der Waals surface area contributed by atoms with Crippen molar-refractivity contribution in [1.82, 2.24) is 4.98 Å². The van der Waals surface area contributed by atoms with E-state index in [0.29, 0.717) is 30.2 Å². The highest BCUT2D eigenvalue weighted by Gasteiger charge is 2.60. The number of hydrogen-bond donors (Lipinski definition) is 1. The Morgan fingerprint density at radius 1 is 1.11 bits per heavy atom. The van der Waals surface area contributed by atoms with E-state index in [1.165, 1.54) is 28.5 Å². The number of rotatable bonds is 17. The van der Waals surface area contributed by atoms with Crippen LogP contribution in [0.4, 0.5) is 4.79 Å². The Morgan fingerprint density at radius 2 is 1.87 bits per heavy atom. The van der Waals surface area contributed by atoms with E-state index in [-0.39, 0.29) is 55.0 Å². The van der Waals surface area contributed by atoms with Crippen molar-refractivity contribution in [1.29, 1.82) is 0 Å². The standard InChI is InChI=1S/C45H61NO13S2/c1-25(17-34-23-54-31(7)46-34)11-10-12-27(3)40(52-9)30(6)36-22-39(58-44(51)53-15-16-60-61-24-33(42(48)49)18-28(4)47)45(8)38(59-45)14-13-26(2)35-20-32(19-29(5)55-35)21-37-41(56-37)43(50)57-36/h10-14,17,23,26,30,32-33,35-41H,5,15-16,18-22,24H2,1-4,6-9H3,(H,48,49)/b11-10+,14-13+,25-17+,27-12+/t26-,30+,32+,33+,35-,36+,37+,38-,39+,40+,41-,45+/m1/s1. The number of hydrogen-bond acceptors (Lipinski definition) is 15. The number of ketones is 1. The third-order valence-corrected chi connectivity index (χ3v) is 14.0. The zero-order valence-corrected chi connectivity index (χ0v) is 38.0. The van der Waals surface area contributed by atoms with Gasteiger partial charge in [0.1, 0.15) is 54.4 Å². The van der Waals surface area contributed by atoms with Crippen LogP contribution in [0.3, 0.4) is 0 Å². The molecule has 336 valence electrons. The van der Waals surface area contributed by atoms with E-state index in [0.717, 1.165) is 23.3 Å². The first kappa shape index (κ1) is 48.2. The third-order valence-electron chi connectivity index (χ3n) is 11.6. The van der Waals surface area contributed by atoms with Gasteiger partial charge in [0.15, 0.2) is 12.0 Å². The van der Waals surface area contributed by atoms with Crippen molar-refractivity contribution >= 4 is 51.5 Å². The summed E-state index contributed by atoms with van der Waals surface area (Å²) in [7, 11) is 4.23. The number of epoxide rings is 2. The van der Waals surface area contributed by atoms with E-state index in [2.05, 4.69) is 24.6 Å². The van der Waals surface area contributed by atoms with Gasteiger partial charge in [-0.25, -0.2) is 14.6 Å². The highest BCUT2D eigenvalue weighted by molar-refractivity contribution is 8.76. The van der Waals surface area contributed by atoms with Gasteiger partial charge in [0.2, 0.25) is 0 Å². The van der Waals surface area contributed by atoms with Gasteiger partial charge in [0.05, 0.1) is 23.9 Å². The van der Waals surface area contributed by atoms with Crippen molar-refractivity contribution in [2.24, 2.45) is 23.7 Å². The van der Waals surface area contributed by atoms with Gasteiger partial charge in [-0.1, -0.05) is 72.4 Å². The number of allylic oxidation sites excluding steroid dienone is 5. The Morgan fingerprint density at radius 3 is 2.56 bits per heavy atom.